The van der Waals surface area contributed by atoms with Crippen molar-refractivity contribution in [2.24, 2.45) is 5.92 Å². The monoisotopic (exact) mass is 302 g/mol. The quantitative estimate of drug-likeness (QED) is 0.504. The number of carboxylic acids is 1. The van der Waals surface area contributed by atoms with E-state index in [9.17, 15) is 20.0 Å². The lowest BCUT2D eigenvalue weighted by molar-refractivity contribution is -0.385. The third-order valence-electron chi connectivity index (χ3n) is 4.64. The summed E-state index contributed by atoms with van der Waals surface area (Å²) in [6.45, 7) is 2.08. The molecule has 22 heavy (non-hydrogen) atoms. The van der Waals surface area contributed by atoms with Crippen LogP contribution < -0.4 is 5.32 Å². The minimum Gasteiger partial charge on any atom is -0.478 e. The van der Waals surface area contributed by atoms with E-state index < -0.39 is 10.9 Å². The van der Waals surface area contributed by atoms with E-state index >= 15 is 0 Å². The zero-order valence-electron chi connectivity index (χ0n) is 12.3. The van der Waals surface area contributed by atoms with Crippen LogP contribution in [0.2, 0.25) is 0 Å². The molecule has 1 heterocycles. The molecule has 6 heteroatoms. The number of benzene rings is 1. The summed E-state index contributed by atoms with van der Waals surface area (Å²) in [4.78, 5) is 22.4. The number of allylic oxidation sites excluding steroid dienone is 2. The Hall–Kier alpha value is -2.37. The van der Waals surface area contributed by atoms with Crippen molar-refractivity contribution < 1.29 is 14.8 Å². The molecule has 0 bridgehead atoms. The van der Waals surface area contributed by atoms with Gasteiger partial charge >= 0.3 is 5.97 Å². The summed E-state index contributed by atoms with van der Waals surface area (Å²) in [7, 11) is 0. The lowest BCUT2D eigenvalue weighted by Gasteiger charge is -2.37. The van der Waals surface area contributed by atoms with Crippen molar-refractivity contribution in [3.63, 3.8) is 0 Å². The summed E-state index contributed by atoms with van der Waals surface area (Å²) < 4.78 is 0. The molecule has 3 atom stereocenters. The highest BCUT2D eigenvalue weighted by Gasteiger charge is 2.42. The van der Waals surface area contributed by atoms with Crippen molar-refractivity contribution >= 4 is 17.3 Å². The number of nitrogens with zero attached hydrogens (tertiary/aromatic N) is 1. The molecule has 0 amide bonds. The molecule has 2 N–H and O–H groups in total. The van der Waals surface area contributed by atoms with Gasteiger partial charge < -0.3 is 10.4 Å². The van der Waals surface area contributed by atoms with Crippen molar-refractivity contribution in [1.29, 1.82) is 0 Å². The number of nitro groups is 1. The number of anilines is 1. The largest absolute Gasteiger partial charge is 0.478 e. The second kappa shape index (κ2) is 5.44. The maximum absolute atomic E-state index is 11.5. The minimum absolute atomic E-state index is 0.00370. The van der Waals surface area contributed by atoms with E-state index in [-0.39, 0.29) is 29.1 Å². The molecule has 0 unspecified atom stereocenters. The Morgan fingerprint density at radius 3 is 2.91 bits per heavy atom. The molecule has 3 rings (SSSR count). The SMILES string of the molecule is CCC[C@@H]1Nc2c(C(=O)O)ccc([N+](=O)[O-])c2[C@@H]2C=CC[C@H]12. The molecule has 1 aromatic rings. The van der Waals surface area contributed by atoms with Crippen LogP contribution in [0.4, 0.5) is 11.4 Å². The molecule has 1 aliphatic heterocycles. The zero-order chi connectivity index (χ0) is 15.9. The van der Waals surface area contributed by atoms with Gasteiger partial charge in [-0.1, -0.05) is 25.5 Å². The molecule has 1 aliphatic carbocycles. The Morgan fingerprint density at radius 1 is 1.50 bits per heavy atom. The van der Waals surface area contributed by atoms with E-state index in [0.29, 0.717) is 11.3 Å². The second-order valence-corrected chi connectivity index (χ2v) is 5.88. The highest BCUT2D eigenvalue weighted by Crippen LogP contribution is 2.50. The Morgan fingerprint density at radius 2 is 2.27 bits per heavy atom. The Kier molecular flexibility index (Phi) is 3.60. The van der Waals surface area contributed by atoms with Crippen LogP contribution in [0.1, 0.15) is 48.0 Å². The van der Waals surface area contributed by atoms with Crippen LogP contribution in [0, 0.1) is 16.0 Å². The first-order valence-corrected chi connectivity index (χ1v) is 7.52. The molecule has 116 valence electrons. The molecule has 0 saturated carbocycles. The van der Waals surface area contributed by atoms with Crippen molar-refractivity contribution in [2.45, 2.75) is 38.1 Å². The maximum Gasteiger partial charge on any atom is 0.337 e. The molecule has 1 aromatic carbocycles. The molecule has 0 aromatic heterocycles. The average Bonchev–Trinajstić information content (AvgIpc) is 2.95. The fourth-order valence-electron chi connectivity index (χ4n) is 3.73. The van der Waals surface area contributed by atoms with Gasteiger partial charge in [0.15, 0.2) is 0 Å². The Bertz CT molecular complexity index is 668. The number of fused-ring (bicyclic) bond motifs is 3. The van der Waals surface area contributed by atoms with Crippen molar-refractivity contribution in [3.05, 3.63) is 45.5 Å². The number of hydrogen-bond acceptors (Lipinski definition) is 4. The molecule has 0 spiro atoms. The maximum atomic E-state index is 11.5. The standard InChI is InChI=1S/C16H18N2O4/c1-2-4-12-9-5-3-6-10(9)14-13(18(21)22)8-7-11(16(19)20)15(14)17-12/h3,6-10,12,17H,2,4-5H2,1H3,(H,19,20)/t9-,10+,12-/m0/s1. The first-order chi connectivity index (χ1) is 10.5. The van der Waals surface area contributed by atoms with Gasteiger partial charge in [0.05, 0.1) is 21.7 Å². The van der Waals surface area contributed by atoms with Crippen LogP contribution in [-0.4, -0.2) is 22.0 Å². The van der Waals surface area contributed by atoms with Crippen LogP contribution in [0.25, 0.3) is 0 Å². The summed E-state index contributed by atoms with van der Waals surface area (Å²) in [6, 6.07) is 2.79. The van der Waals surface area contributed by atoms with Gasteiger partial charge in [0, 0.05) is 18.0 Å². The van der Waals surface area contributed by atoms with E-state index in [2.05, 4.69) is 12.2 Å². The van der Waals surface area contributed by atoms with E-state index in [1.165, 1.54) is 12.1 Å². The molecule has 0 fully saturated rings. The number of carboxylic acid groups (broad SMARTS) is 1. The number of aromatic carboxylic acids is 1. The fraction of sp³-hybridized carbons (Fsp3) is 0.438. The summed E-state index contributed by atoms with van der Waals surface area (Å²) in [5.74, 6) is -0.878. The molecule has 2 aliphatic rings. The van der Waals surface area contributed by atoms with Gasteiger partial charge in [0.1, 0.15) is 0 Å². The smallest absolute Gasteiger partial charge is 0.337 e. The van der Waals surface area contributed by atoms with Crippen molar-refractivity contribution in [2.75, 3.05) is 5.32 Å². The van der Waals surface area contributed by atoms with Crippen molar-refractivity contribution in [3.8, 4) is 0 Å². The van der Waals surface area contributed by atoms with Gasteiger partial charge in [-0.05, 0) is 24.8 Å². The molecule has 0 radical (unpaired) electrons. The molecule has 6 nitrogen and oxygen atoms in total. The van der Waals surface area contributed by atoms with Crippen molar-refractivity contribution in [1.82, 2.24) is 0 Å². The zero-order valence-corrected chi connectivity index (χ0v) is 12.3. The Balaban J connectivity index is 2.20. The number of hydrogen-bond donors (Lipinski definition) is 2. The fourth-order valence-corrected chi connectivity index (χ4v) is 3.73. The average molecular weight is 302 g/mol. The van der Waals surface area contributed by atoms with Crippen LogP contribution in [0.15, 0.2) is 24.3 Å². The summed E-state index contributed by atoms with van der Waals surface area (Å²) >= 11 is 0. The van der Waals surface area contributed by atoms with Crippen LogP contribution in [0.3, 0.4) is 0 Å². The predicted molar refractivity (Wildman–Crippen MR) is 82.4 cm³/mol. The van der Waals surface area contributed by atoms with Crippen LogP contribution >= 0.6 is 0 Å². The highest BCUT2D eigenvalue weighted by atomic mass is 16.6. The number of rotatable bonds is 4. The van der Waals surface area contributed by atoms with E-state index in [1.807, 2.05) is 12.2 Å². The lowest BCUT2D eigenvalue weighted by atomic mass is 9.76. The van der Waals surface area contributed by atoms with Gasteiger partial charge in [0.2, 0.25) is 0 Å². The summed E-state index contributed by atoms with van der Waals surface area (Å²) in [5.41, 5.74) is 1.06. The molecule has 0 saturated heterocycles. The van der Waals surface area contributed by atoms with Gasteiger partial charge in [-0.25, -0.2) is 4.79 Å². The summed E-state index contributed by atoms with van der Waals surface area (Å²) in [5, 5.41) is 24.0. The second-order valence-electron chi connectivity index (χ2n) is 5.88. The van der Waals surface area contributed by atoms with E-state index in [4.69, 9.17) is 0 Å². The topological polar surface area (TPSA) is 92.5 Å². The van der Waals surface area contributed by atoms with Gasteiger partial charge in [0.25, 0.3) is 5.69 Å². The Labute approximate surface area is 128 Å². The van der Waals surface area contributed by atoms with Gasteiger partial charge in [-0.2, -0.15) is 0 Å². The number of nitro benzene ring substituents is 1. The van der Waals surface area contributed by atoms with E-state index in [0.717, 1.165) is 19.3 Å². The number of nitrogens with one attached hydrogen (secondary N) is 1. The summed E-state index contributed by atoms with van der Waals surface area (Å²) in [6.07, 6.45) is 6.81. The first kappa shape index (κ1) is 14.6. The minimum atomic E-state index is -1.06. The third-order valence-corrected chi connectivity index (χ3v) is 4.64. The normalized spacial score (nSPS) is 25.2. The molecular weight excluding hydrogens is 284 g/mol. The van der Waals surface area contributed by atoms with Gasteiger partial charge in [-0.15, -0.1) is 0 Å². The van der Waals surface area contributed by atoms with Gasteiger partial charge in [-0.3, -0.25) is 10.1 Å². The molecular formula is C16H18N2O4. The number of carbonyl (C=O) groups is 1. The van der Waals surface area contributed by atoms with Crippen LogP contribution in [0.5, 0.6) is 0 Å². The highest BCUT2D eigenvalue weighted by molar-refractivity contribution is 5.97. The lowest BCUT2D eigenvalue weighted by Crippen LogP contribution is -2.37. The third kappa shape index (κ3) is 2.15. The van der Waals surface area contributed by atoms with E-state index in [1.54, 1.807) is 0 Å². The van der Waals surface area contributed by atoms with Crippen LogP contribution in [-0.2, 0) is 0 Å². The first-order valence-electron chi connectivity index (χ1n) is 7.52. The predicted octanol–water partition coefficient (Wildman–Crippen LogP) is 3.55.